The first-order valence-electron chi connectivity index (χ1n) is 9.18. The highest BCUT2D eigenvalue weighted by molar-refractivity contribution is 9.10. The molecule has 0 spiro atoms. The molecule has 162 valence electrons. The zero-order valence-corrected chi connectivity index (χ0v) is 18.4. The van der Waals surface area contributed by atoms with Crippen LogP contribution in [0, 0.1) is 12.7 Å². The summed E-state index contributed by atoms with van der Waals surface area (Å²) < 4.78 is 43.5. The number of alkyl halides is 2. The van der Waals surface area contributed by atoms with E-state index in [1.54, 1.807) is 6.07 Å². The van der Waals surface area contributed by atoms with Crippen LogP contribution in [0.1, 0.15) is 47.1 Å². The Morgan fingerprint density at radius 3 is 2.61 bits per heavy atom. The number of carbonyl (C=O) groups excluding carboxylic acids is 1. The highest BCUT2D eigenvalue weighted by atomic mass is 79.9. The van der Waals surface area contributed by atoms with Crippen molar-refractivity contribution in [2.45, 2.75) is 32.7 Å². The first-order chi connectivity index (χ1) is 14.5. The number of aryl methyl sites for hydroxylation is 1. The molecule has 0 aliphatic rings. The SMILES string of the molecule is Cc1cc(C(=O)N[C@H](C)c2cccc(C(C)(F)F)c2F)nn(-c2cncc(Br)c2)c1=O. The zero-order chi connectivity index (χ0) is 22.9. The van der Waals surface area contributed by atoms with E-state index >= 15 is 0 Å². The maximum absolute atomic E-state index is 14.6. The first kappa shape index (κ1) is 22.7. The van der Waals surface area contributed by atoms with Gasteiger partial charge in [0.15, 0.2) is 0 Å². The summed E-state index contributed by atoms with van der Waals surface area (Å²) in [6.07, 6.45) is 2.94. The summed E-state index contributed by atoms with van der Waals surface area (Å²) in [6, 6.07) is 5.61. The van der Waals surface area contributed by atoms with Crippen molar-refractivity contribution in [3.63, 3.8) is 0 Å². The topological polar surface area (TPSA) is 76.9 Å². The molecule has 3 aromatic rings. The molecule has 2 heterocycles. The van der Waals surface area contributed by atoms with Gasteiger partial charge in [0.1, 0.15) is 11.5 Å². The Kier molecular flexibility index (Phi) is 6.30. The molecule has 1 N–H and O–H groups in total. The smallest absolute Gasteiger partial charge is 0.274 e. The number of rotatable bonds is 5. The van der Waals surface area contributed by atoms with Crippen LogP contribution >= 0.6 is 15.9 Å². The van der Waals surface area contributed by atoms with Crippen LogP contribution in [0.5, 0.6) is 0 Å². The Bertz CT molecular complexity index is 1210. The van der Waals surface area contributed by atoms with Crippen molar-refractivity contribution in [2.75, 3.05) is 0 Å². The van der Waals surface area contributed by atoms with Gasteiger partial charge in [0.05, 0.1) is 23.5 Å². The van der Waals surface area contributed by atoms with Crippen LogP contribution in [-0.2, 0) is 5.92 Å². The average Bonchev–Trinajstić information content (AvgIpc) is 2.69. The molecule has 3 rings (SSSR count). The minimum atomic E-state index is -3.37. The molecule has 0 fully saturated rings. The van der Waals surface area contributed by atoms with Gasteiger partial charge in [-0.25, -0.2) is 13.2 Å². The fourth-order valence-electron chi connectivity index (χ4n) is 2.99. The van der Waals surface area contributed by atoms with Gasteiger partial charge in [-0.05, 0) is 41.9 Å². The second-order valence-corrected chi connectivity index (χ2v) is 8.00. The molecule has 6 nitrogen and oxygen atoms in total. The van der Waals surface area contributed by atoms with Crippen LogP contribution in [0.25, 0.3) is 5.69 Å². The Balaban J connectivity index is 1.94. The summed E-state index contributed by atoms with van der Waals surface area (Å²) in [7, 11) is 0. The van der Waals surface area contributed by atoms with Gasteiger partial charge in [-0.3, -0.25) is 14.6 Å². The van der Waals surface area contributed by atoms with Gasteiger partial charge in [0.25, 0.3) is 17.4 Å². The fourth-order valence-corrected chi connectivity index (χ4v) is 3.34. The number of carbonyl (C=O) groups is 1. The van der Waals surface area contributed by atoms with Crippen molar-refractivity contribution in [2.24, 2.45) is 0 Å². The van der Waals surface area contributed by atoms with Crippen molar-refractivity contribution in [1.29, 1.82) is 0 Å². The molecule has 0 saturated carbocycles. The predicted molar refractivity (Wildman–Crippen MR) is 112 cm³/mol. The van der Waals surface area contributed by atoms with Crippen molar-refractivity contribution >= 4 is 21.8 Å². The van der Waals surface area contributed by atoms with E-state index in [0.29, 0.717) is 17.1 Å². The standard InChI is InChI=1S/C21H18BrF3N4O2/c1-11-7-17(28-29(20(11)31)14-8-13(22)9-26-10-14)19(30)27-12(2)15-5-4-6-16(18(15)23)21(3,24)25/h4-10,12H,1-3H3,(H,27,30)/t12-/m1/s1. The van der Waals surface area contributed by atoms with Gasteiger partial charge in [-0.1, -0.05) is 18.2 Å². The normalized spacial score (nSPS) is 12.5. The van der Waals surface area contributed by atoms with Crippen LogP contribution in [0.4, 0.5) is 13.2 Å². The third-order valence-corrected chi connectivity index (χ3v) is 5.01. The maximum atomic E-state index is 14.6. The molecule has 1 amide bonds. The summed E-state index contributed by atoms with van der Waals surface area (Å²) in [5.74, 6) is -5.15. The number of amides is 1. The minimum absolute atomic E-state index is 0.0893. The molecule has 0 unspecified atom stereocenters. The highest BCUT2D eigenvalue weighted by Crippen LogP contribution is 2.32. The molecule has 10 heteroatoms. The summed E-state index contributed by atoms with van der Waals surface area (Å²) >= 11 is 3.26. The summed E-state index contributed by atoms with van der Waals surface area (Å²) in [5.41, 5.74) is -0.778. The molecular formula is C21H18BrF3N4O2. The predicted octanol–water partition coefficient (Wildman–Crippen LogP) is 4.44. The van der Waals surface area contributed by atoms with E-state index in [9.17, 15) is 22.8 Å². The van der Waals surface area contributed by atoms with Crippen LogP contribution in [-0.4, -0.2) is 20.7 Å². The number of pyridine rings is 1. The number of nitrogens with one attached hydrogen (secondary N) is 1. The summed E-state index contributed by atoms with van der Waals surface area (Å²) in [6.45, 7) is 3.60. The largest absolute Gasteiger partial charge is 0.344 e. The number of benzene rings is 1. The third kappa shape index (κ3) is 4.84. The highest BCUT2D eigenvalue weighted by Gasteiger charge is 2.30. The molecular weight excluding hydrogens is 477 g/mol. The number of aromatic nitrogens is 3. The Labute approximate surface area is 184 Å². The van der Waals surface area contributed by atoms with Crippen LogP contribution < -0.4 is 10.9 Å². The number of hydrogen-bond acceptors (Lipinski definition) is 4. The Morgan fingerprint density at radius 2 is 1.97 bits per heavy atom. The van der Waals surface area contributed by atoms with Crippen LogP contribution in [0.3, 0.4) is 0 Å². The number of hydrogen-bond donors (Lipinski definition) is 1. The molecule has 0 aliphatic heterocycles. The number of halogens is 4. The summed E-state index contributed by atoms with van der Waals surface area (Å²) in [4.78, 5) is 29.2. The van der Waals surface area contributed by atoms with Crippen molar-refractivity contribution < 1.29 is 18.0 Å². The lowest BCUT2D eigenvalue weighted by Crippen LogP contribution is -2.32. The van der Waals surface area contributed by atoms with Gasteiger partial charge < -0.3 is 5.32 Å². The van der Waals surface area contributed by atoms with Crippen molar-refractivity contribution in [3.05, 3.63) is 85.8 Å². The van der Waals surface area contributed by atoms with Gasteiger partial charge in [0.2, 0.25) is 0 Å². The Morgan fingerprint density at radius 1 is 1.26 bits per heavy atom. The second-order valence-electron chi connectivity index (χ2n) is 7.08. The molecule has 0 radical (unpaired) electrons. The van der Waals surface area contributed by atoms with Gasteiger partial charge in [0, 0.05) is 28.7 Å². The molecule has 0 bridgehead atoms. The van der Waals surface area contributed by atoms with E-state index in [-0.39, 0.29) is 16.8 Å². The van der Waals surface area contributed by atoms with Gasteiger partial charge in [-0.15, -0.1) is 0 Å². The van der Waals surface area contributed by atoms with Crippen molar-refractivity contribution in [3.8, 4) is 5.69 Å². The van der Waals surface area contributed by atoms with Crippen molar-refractivity contribution in [1.82, 2.24) is 20.1 Å². The van der Waals surface area contributed by atoms with E-state index in [1.807, 2.05) is 0 Å². The van der Waals surface area contributed by atoms with E-state index in [1.165, 1.54) is 44.4 Å². The molecule has 31 heavy (non-hydrogen) atoms. The van der Waals surface area contributed by atoms with E-state index < -0.39 is 34.8 Å². The molecule has 1 aromatic carbocycles. The molecule has 0 saturated heterocycles. The quantitative estimate of drug-likeness (QED) is 0.568. The first-order valence-corrected chi connectivity index (χ1v) is 9.98. The van der Waals surface area contributed by atoms with Crippen LogP contribution in [0.2, 0.25) is 0 Å². The van der Waals surface area contributed by atoms with E-state index in [2.05, 4.69) is 31.3 Å². The third-order valence-electron chi connectivity index (χ3n) is 4.57. The van der Waals surface area contributed by atoms with E-state index in [0.717, 1.165) is 10.7 Å². The summed E-state index contributed by atoms with van der Waals surface area (Å²) in [5, 5.41) is 6.63. The fraction of sp³-hybridized carbons (Fsp3) is 0.238. The molecule has 2 aromatic heterocycles. The molecule has 0 aliphatic carbocycles. The minimum Gasteiger partial charge on any atom is -0.344 e. The lowest BCUT2D eigenvalue weighted by Gasteiger charge is -2.19. The lowest BCUT2D eigenvalue weighted by atomic mass is 10.0. The maximum Gasteiger partial charge on any atom is 0.274 e. The monoisotopic (exact) mass is 494 g/mol. The Hall–Kier alpha value is -3.01. The second kappa shape index (κ2) is 8.62. The molecule has 1 atom stereocenters. The van der Waals surface area contributed by atoms with Crippen LogP contribution in [0.15, 0.2) is 52.0 Å². The van der Waals surface area contributed by atoms with Gasteiger partial charge in [-0.2, -0.15) is 9.78 Å². The average molecular weight is 495 g/mol. The lowest BCUT2D eigenvalue weighted by molar-refractivity contribution is 0.0135. The van der Waals surface area contributed by atoms with E-state index in [4.69, 9.17) is 0 Å². The number of nitrogens with zero attached hydrogens (tertiary/aromatic N) is 3. The van der Waals surface area contributed by atoms with Gasteiger partial charge >= 0.3 is 0 Å². The zero-order valence-electron chi connectivity index (χ0n) is 16.8.